The van der Waals surface area contributed by atoms with Gasteiger partial charge in [0.25, 0.3) is 0 Å². The molecule has 4 rings (SSSR count). The number of phenolic OH excluding ortho intramolecular Hbond substituents is 2. The van der Waals surface area contributed by atoms with E-state index in [0.717, 1.165) is 42.7 Å². The van der Waals surface area contributed by atoms with Crippen LogP contribution in [0.5, 0.6) is 23.0 Å². The Labute approximate surface area is 374 Å². The number of carbonyl (C=O) groups is 1. The molecule has 60 heavy (non-hydrogen) atoms. The number of halogens is 3. The van der Waals surface area contributed by atoms with E-state index in [4.69, 9.17) is 44.1 Å². The third-order valence-electron chi connectivity index (χ3n) is 9.91. The van der Waals surface area contributed by atoms with Crippen LogP contribution in [0.3, 0.4) is 0 Å². The second-order valence-corrected chi connectivity index (χ2v) is 18.5. The van der Waals surface area contributed by atoms with Crippen molar-refractivity contribution < 1.29 is 32.7 Å². The Bertz CT molecular complexity index is 1990. The number of benzene rings is 4. The van der Waals surface area contributed by atoms with Gasteiger partial charge in [0.05, 0.1) is 27.9 Å². The van der Waals surface area contributed by atoms with Crippen molar-refractivity contribution in [3.63, 3.8) is 0 Å². The molecule has 0 aromatic heterocycles. The molecule has 15 heteroatoms. The molecule has 3 unspecified atom stereocenters. The van der Waals surface area contributed by atoms with Gasteiger partial charge in [0.15, 0.2) is 26.2 Å². The van der Waals surface area contributed by atoms with Gasteiger partial charge in [0, 0.05) is 24.7 Å². The van der Waals surface area contributed by atoms with Gasteiger partial charge in [-0.3, -0.25) is 9.52 Å². The molecule has 1 amide bonds. The number of sulfonamides is 1. The summed E-state index contributed by atoms with van der Waals surface area (Å²) in [6, 6.07) is 22.3. The number of anilines is 2. The fraction of sp³-hybridized carbons (Fsp3) is 0.444. The van der Waals surface area contributed by atoms with E-state index < -0.39 is 15.3 Å². The number of hydrogen-bond donors (Lipinski definition) is 5. The summed E-state index contributed by atoms with van der Waals surface area (Å²) in [4.78, 5) is 13.1. The van der Waals surface area contributed by atoms with Crippen molar-refractivity contribution in [1.29, 1.82) is 0 Å². The average molecular weight is 925 g/mol. The molecule has 3 atom stereocenters. The molecule has 0 saturated heterocycles. The maximum Gasteiger partial charge on any atom is 0.240 e. The summed E-state index contributed by atoms with van der Waals surface area (Å²) in [6.45, 7) is 6.96. The first-order valence-electron chi connectivity index (χ1n) is 20.6. The van der Waals surface area contributed by atoms with Crippen molar-refractivity contribution in [2.45, 2.75) is 109 Å². The summed E-state index contributed by atoms with van der Waals surface area (Å²) in [5, 5.41) is 24.6. The molecule has 0 heterocycles. The summed E-state index contributed by atoms with van der Waals surface area (Å²) in [5.74, 6) is 0.842. The molecule has 4 aromatic rings. The highest BCUT2D eigenvalue weighted by Crippen LogP contribution is 2.39. The van der Waals surface area contributed by atoms with Gasteiger partial charge in [-0.2, -0.15) is 0 Å². The van der Waals surface area contributed by atoms with Crippen LogP contribution in [0, 0.1) is 12.8 Å². The lowest BCUT2D eigenvalue weighted by atomic mass is 9.94. The molecule has 0 spiro atoms. The average Bonchev–Trinajstić information content (AvgIpc) is 3.22. The standard InChI is InChI=1S/C31H46Cl2N2O4S.C14H15ClNO3P/c1-3-5-7-9-10-13-17-24(16-12-8-6-4-2)23-34-30(36)22-29(25-18-14-11-15-19-25)40(38,39)35-26-20-27(32)31(37)28(33)21-26;1-9-5-3-4-6-12(9)19-20-16-10-7-11(15)14(17)13(8-10)18-2/h11,14-15,18-21,24,29,35,37H,3-10,12-13,16-17,22-23H2,1-2H3,(H,34,36);3-8,16-17,20H,1-2H3. The van der Waals surface area contributed by atoms with Crippen LogP contribution in [-0.2, 0) is 14.8 Å². The number of phenols is 2. The Morgan fingerprint density at radius 3 is 1.90 bits per heavy atom. The van der Waals surface area contributed by atoms with E-state index in [9.17, 15) is 23.4 Å². The third-order valence-corrected chi connectivity index (χ3v) is 13.2. The minimum absolute atomic E-state index is 0.0286. The topological polar surface area (TPSA) is 146 Å². The zero-order chi connectivity index (χ0) is 43.9. The number of aryl methyl sites for hydroxylation is 1. The Kier molecular flexibility index (Phi) is 23.1. The molecule has 5 N–H and O–H groups in total. The van der Waals surface area contributed by atoms with Gasteiger partial charge < -0.3 is 29.9 Å². The largest absolute Gasteiger partial charge is 0.505 e. The monoisotopic (exact) mass is 923 g/mol. The van der Waals surface area contributed by atoms with Crippen LogP contribution in [-0.4, -0.2) is 38.2 Å². The summed E-state index contributed by atoms with van der Waals surface area (Å²) in [5.41, 5.74) is 2.41. The predicted octanol–water partition coefficient (Wildman–Crippen LogP) is 13.4. The molecule has 10 nitrogen and oxygen atoms in total. The first-order valence-corrected chi connectivity index (χ1v) is 24.2. The van der Waals surface area contributed by atoms with Crippen LogP contribution < -0.4 is 24.4 Å². The van der Waals surface area contributed by atoms with Crippen molar-refractivity contribution in [2.24, 2.45) is 5.92 Å². The maximum atomic E-state index is 13.5. The van der Waals surface area contributed by atoms with Crippen molar-refractivity contribution in [1.82, 2.24) is 5.32 Å². The number of para-hydroxylation sites is 1. The van der Waals surface area contributed by atoms with Gasteiger partial charge >= 0.3 is 0 Å². The van der Waals surface area contributed by atoms with Crippen molar-refractivity contribution in [2.75, 3.05) is 23.5 Å². The van der Waals surface area contributed by atoms with Gasteiger partial charge in [-0.25, -0.2) is 8.42 Å². The number of unbranched alkanes of at least 4 members (excludes halogenated alkanes) is 8. The minimum atomic E-state index is -4.06. The molecular formula is C45H61Cl3N3O7PS. The highest BCUT2D eigenvalue weighted by atomic mass is 35.5. The maximum absolute atomic E-state index is 13.5. The fourth-order valence-electron chi connectivity index (χ4n) is 6.47. The quantitative estimate of drug-likeness (QED) is 0.0251. The van der Waals surface area contributed by atoms with E-state index >= 15 is 0 Å². The van der Waals surface area contributed by atoms with Crippen molar-refractivity contribution in [3.8, 4) is 23.0 Å². The number of carbonyl (C=O) groups excluding carboxylic acids is 1. The van der Waals surface area contributed by atoms with Gasteiger partial charge in [-0.15, -0.1) is 0 Å². The van der Waals surface area contributed by atoms with Gasteiger partial charge in [0.1, 0.15) is 11.0 Å². The van der Waals surface area contributed by atoms with E-state index in [1.807, 2.05) is 31.2 Å². The van der Waals surface area contributed by atoms with E-state index in [-0.39, 0.29) is 53.5 Å². The molecular weight excluding hydrogens is 864 g/mol. The van der Waals surface area contributed by atoms with E-state index in [2.05, 4.69) is 29.0 Å². The van der Waals surface area contributed by atoms with Crippen LogP contribution in [0.15, 0.2) is 78.9 Å². The van der Waals surface area contributed by atoms with Gasteiger partial charge in [-0.05, 0) is 61.1 Å². The molecule has 0 radical (unpaired) electrons. The number of nitrogens with one attached hydrogen (secondary N) is 3. The number of hydrogen-bond acceptors (Lipinski definition) is 8. The second-order valence-electron chi connectivity index (χ2n) is 14.7. The summed E-state index contributed by atoms with van der Waals surface area (Å²) >= 11 is 17.9. The summed E-state index contributed by atoms with van der Waals surface area (Å²) < 4.78 is 40.2. The van der Waals surface area contributed by atoms with Crippen LogP contribution in [0.2, 0.25) is 15.1 Å². The number of amides is 1. The molecule has 0 bridgehead atoms. The minimum Gasteiger partial charge on any atom is -0.505 e. The van der Waals surface area contributed by atoms with Crippen LogP contribution in [0.1, 0.15) is 114 Å². The van der Waals surface area contributed by atoms with E-state index in [0.29, 0.717) is 23.8 Å². The van der Waals surface area contributed by atoms with Gasteiger partial charge in [-0.1, -0.05) is 161 Å². The molecule has 4 aromatic carbocycles. The molecule has 0 saturated carbocycles. The second kappa shape index (κ2) is 27.4. The fourth-order valence-corrected chi connectivity index (χ4v) is 9.29. The zero-order valence-electron chi connectivity index (χ0n) is 35.0. The van der Waals surface area contributed by atoms with Crippen molar-refractivity contribution in [3.05, 3.63) is 105 Å². The molecule has 330 valence electrons. The normalized spacial score (nSPS) is 12.3. The molecule has 0 aliphatic carbocycles. The summed E-state index contributed by atoms with van der Waals surface area (Å²) in [6.07, 6.45) is 14.1. The lowest BCUT2D eigenvalue weighted by Crippen LogP contribution is -2.33. The smallest absolute Gasteiger partial charge is 0.240 e. The van der Waals surface area contributed by atoms with Crippen LogP contribution >= 0.6 is 43.8 Å². The van der Waals surface area contributed by atoms with Crippen LogP contribution in [0.4, 0.5) is 11.4 Å². The number of methoxy groups -OCH3 is 1. The van der Waals surface area contributed by atoms with E-state index in [1.54, 1.807) is 42.5 Å². The predicted molar refractivity (Wildman–Crippen MR) is 251 cm³/mol. The Morgan fingerprint density at radius 1 is 0.733 bits per heavy atom. The number of aromatic hydroxyl groups is 2. The highest BCUT2D eigenvalue weighted by molar-refractivity contribution is 7.93. The molecule has 0 fully saturated rings. The zero-order valence-corrected chi connectivity index (χ0v) is 39.1. The van der Waals surface area contributed by atoms with Crippen LogP contribution in [0.25, 0.3) is 0 Å². The molecule has 0 aliphatic heterocycles. The van der Waals surface area contributed by atoms with Crippen molar-refractivity contribution >= 4 is 71.1 Å². The first kappa shape index (κ1) is 50.8. The first-order chi connectivity index (χ1) is 28.8. The Hall–Kier alpha value is -3.60. The third kappa shape index (κ3) is 17.8. The Balaban J connectivity index is 0.000000399. The molecule has 0 aliphatic rings. The number of rotatable bonds is 25. The highest BCUT2D eigenvalue weighted by Gasteiger charge is 2.30. The SMILES string of the molecule is CCCCCCCCC(CCCCCC)CNC(=O)CC(c1ccccc1)S(=O)(=O)Nc1cc(Cl)c(O)c(Cl)c1.COc1cc(NPOc2ccccc2C)cc(Cl)c1O. The van der Waals surface area contributed by atoms with E-state index in [1.165, 1.54) is 70.6 Å². The number of ether oxygens (including phenoxy) is 1. The summed E-state index contributed by atoms with van der Waals surface area (Å²) in [7, 11) is -2.56. The Morgan fingerprint density at radius 2 is 1.28 bits per heavy atom. The van der Waals surface area contributed by atoms with Gasteiger partial charge in [0.2, 0.25) is 15.9 Å². The lowest BCUT2D eigenvalue weighted by Gasteiger charge is -2.21. The lowest BCUT2D eigenvalue weighted by molar-refractivity contribution is -0.121.